The van der Waals surface area contributed by atoms with Crippen molar-refractivity contribution in [3.05, 3.63) is 41.2 Å². The van der Waals surface area contributed by atoms with E-state index in [0.717, 1.165) is 22.6 Å². The van der Waals surface area contributed by atoms with Gasteiger partial charge >= 0.3 is 0 Å². The van der Waals surface area contributed by atoms with Crippen molar-refractivity contribution < 1.29 is 9.84 Å². The van der Waals surface area contributed by atoms with Gasteiger partial charge in [0.1, 0.15) is 18.1 Å². The molecule has 0 fully saturated rings. The van der Waals surface area contributed by atoms with Crippen molar-refractivity contribution in [2.75, 3.05) is 0 Å². The Morgan fingerprint density at radius 3 is 2.78 bits per heavy atom. The zero-order valence-corrected chi connectivity index (χ0v) is 10.8. The molecular formula is C13H17N3O2. The molecule has 2 aromatic rings. The summed E-state index contributed by atoms with van der Waals surface area (Å²) < 4.78 is 7.31. The third-order valence-electron chi connectivity index (χ3n) is 2.71. The molecule has 0 saturated carbocycles. The van der Waals surface area contributed by atoms with Gasteiger partial charge in [0, 0.05) is 7.05 Å². The van der Waals surface area contributed by atoms with E-state index in [2.05, 4.69) is 10.3 Å². The minimum atomic E-state index is -0.460. The summed E-state index contributed by atoms with van der Waals surface area (Å²) in [6, 6.07) is 5.66. The van der Waals surface area contributed by atoms with Gasteiger partial charge in [0.25, 0.3) is 0 Å². The first-order valence-corrected chi connectivity index (χ1v) is 5.83. The molecule has 0 spiro atoms. The van der Waals surface area contributed by atoms with Crippen LogP contribution < -0.4 is 4.74 Å². The number of aryl methyl sites for hydroxylation is 2. The number of hydrogen-bond acceptors (Lipinski definition) is 4. The van der Waals surface area contributed by atoms with Gasteiger partial charge in [0.05, 0.1) is 12.3 Å². The van der Waals surface area contributed by atoms with E-state index in [-0.39, 0.29) is 0 Å². The van der Waals surface area contributed by atoms with Crippen molar-refractivity contribution >= 4 is 0 Å². The van der Waals surface area contributed by atoms with Gasteiger partial charge in [-0.25, -0.2) is 0 Å². The Morgan fingerprint density at radius 1 is 1.44 bits per heavy atom. The highest BCUT2D eigenvalue weighted by molar-refractivity contribution is 5.36. The lowest BCUT2D eigenvalue weighted by Gasteiger charge is -2.11. The van der Waals surface area contributed by atoms with Gasteiger partial charge in [-0.15, -0.1) is 5.10 Å². The molecule has 0 aliphatic rings. The molecular weight excluding hydrogens is 230 g/mol. The number of hydrogen-bond donors (Lipinski definition) is 1. The highest BCUT2D eigenvalue weighted by Gasteiger charge is 2.06. The van der Waals surface area contributed by atoms with Crippen molar-refractivity contribution in [2.45, 2.75) is 26.6 Å². The van der Waals surface area contributed by atoms with Gasteiger partial charge in [0.2, 0.25) is 0 Å². The summed E-state index contributed by atoms with van der Waals surface area (Å²) in [7, 11) is 1.82. The van der Waals surface area contributed by atoms with Crippen LogP contribution in [-0.2, 0) is 13.7 Å². The molecule has 2 rings (SSSR count). The molecule has 5 nitrogen and oxygen atoms in total. The molecule has 0 unspecified atom stereocenters. The summed E-state index contributed by atoms with van der Waals surface area (Å²) in [6.45, 7) is 4.09. The van der Waals surface area contributed by atoms with Gasteiger partial charge in [-0.1, -0.05) is 11.3 Å². The Morgan fingerprint density at radius 2 is 2.22 bits per heavy atom. The maximum absolute atomic E-state index is 9.49. The van der Waals surface area contributed by atoms with E-state index in [1.807, 2.05) is 38.4 Å². The van der Waals surface area contributed by atoms with Crippen LogP contribution in [0.3, 0.4) is 0 Å². The Kier molecular flexibility index (Phi) is 3.62. The van der Waals surface area contributed by atoms with Crippen molar-refractivity contribution in [1.82, 2.24) is 15.0 Å². The largest absolute Gasteiger partial charge is 0.487 e. The molecule has 5 heteroatoms. The summed E-state index contributed by atoms with van der Waals surface area (Å²) >= 11 is 0. The van der Waals surface area contributed by atoms with Crippen molar-refractivity contribution in [2.24, 2.45) is 7.05 Å². The van der Waals surface area contributed by atoms with Crippen LogP contribution >= 0.6 is 0 Å². The first-order chi connectivity index (χ1) is 8.56. The van der Waals surface area contributed by atoms with Crippen molar-refractivity contribution in [3.63, 3.8) is 0 Å². The molecule has 0 bridgehead atoms. The molecule has 1 aromatic heterocycles. The molecule has 1 heterocycles. The van der Waals surface area contributed by atoms with Crippen LogP contribution in [0.4, 0.5) is 0 Å². The third kappa shape index (κ3) is 2.87. The van der Waals surface area contributed by atoms with E-state index in [9.17, 15) is 5.11 Å². The van der Waals surface area contributed by atoms with Crippen LogP contribution in [0.25, 0.3) is 0 Å². The molecule has 0 aliphatic heterocycles. The minimum Gasteiger partial charge on any atom is -0.487 e. The van der Waals surface area contributed by atoms with Crippen LogP contribution in [0.2, 0.25) is 0 Å². The average molecular weight is 247 g/mol. The van der Waals surface area contributed by atoms with E-state index in [1.54, 1.807) is 11.6 Å². The van der Waals surface area contributed by atoms with Crippen molar-refractivity contribution in [1.29, 1.82) is 0 Å². The molecule has 1 atom stereocenters. The first kappa shape index (κ1) is 12.6. The normalized spacial score (nSPS) is 12.4. The zero-order valence-electron chi connectivity index (χ0n) is 10.8. The molecule has 96 valence electrons. The number of rotatable bonds is 4. The Balaban J connectivity index is 2.05. The fraction of sp³-hybridized carbons (Fsp3) is 0.385. The molecule has 18 heavy (non-hydrogen) atoms. The molecule has 0 radical (unpaired) electrons. The number of aromatic nitrogens is 3. The van der Waals surface area contributed by atoms with Gasteiger partial charge in [-0.2, -0.15) is 0 Å². The van der Waals surface area contributed by atoms with Gasteiger partial charge in [0.15, 0.2) is 0 Å². The lowest BCUT2D eigenvalue weighted by atomic mass is 10.1. The van der Waals surface area contributed by atoms with E-state index >= 15 is 0 Å². The monoisotopic (exact) mass is 247 g/mol. The van der Waals surface area contributed by atoms with Gasteiger partial charge in [-0.05, 0) is 37.1 Å². The second kappa shape index (κ2) is 5.18. The molecule has 1 N–H and O–H groups in total. The summed E-state index contributed by atoms with van der Waals surface area (Å²) in [5.41, 5.74) is 2.67. The van der Waals surface area contributed by atoms with E-state index in [1.165, 1.54) is 0 Å². The molecule has 0 aliphatic carbocycles. The third-order valence-corrected chi connectivity index (χ3v) is 2.71. The number of benzene rings is 1. The Bertz CT molecular complexity index is 535. The highest BCUT2D eigenvalue weighted by atomic mass is 16.5. The van der Waals surface area contributed by atoms with Crippen LogP contribution in [0.1, 0.15) is 29.8 Å². The lowest BCUT2D eigenvalue weighted by molar-refractivity contribution is 0.199. The Labute approximate surface area is 106 Å². The summed E-state index contributed by atoms with van der Waals surface area (Å²) in [4.78, 5) is 0. The molecule has 1 aromatic carbocycles. The first-order valence-electron chi connectivity index (χ1n) is 5.83. The van der Waals surface area contributed by atoms with E-state index in [4.69, 9.17) is 4.74 Å². The quantitative estimate of drug-likeness (QED) is 0.894. The zero-order chi connectivity index (χ0) is 13.1. The number of aliphatic hydroxyl groups excluding tert-OH is 1. The molecule has 0 amide bonds. The van der Waals surface area contributed by atoms with Crippen LogP contribution in [0.15, 0.2) is 24.4 Å². The predicted molar refractivity (Wildman–Crippen MR) is 67.1 cm³/mol. The topological polar surface area (TPSA) is 60.2 Å². The highest BCUT2D eigenvalue weighted by Crippen LogP contribution is 2.23. The molecule has 0 saturated heterocycles. The maximum atomic E-state index is 9.49. The lowest BCUT2D eigenvalue weighted by Crippen LogP contribution is -1.99. The van der Waals surface area contributed by atoms with E-state index in [0.29, 0.717) is 6.61 Å². The summed E-state index contributed by atoms with van der Waals surface area (Å²) in [6.07, 6.45) is 1.36. The fourth-order valence-corrected chi connectivity index (χ4v) is 1.71. The van der Waals surface area contributed by atoms with Gasteiger partial charge < -0.3 is 9.84 Å². The van der Waals surface area contributed by atoms with Crippen LogP contribution in [-0.4, -0.2) is 20.1 Å². The number of ether oxygens (including phenoxy) is 1. The van der Waals surface area contributed by atoms with E-state index < -0.39 is 6.10 Å². The van der Waals surface area contributed by atoms with Crippen LogP contribution in [0.5, 0.6) is 5.75 Å². The van der Waals surface area contributed by atoms with Crippen molar-refractivity contribution in [3.8, 4) is 5.75 Å². The number of nitrogens with zero attached hydrogens (tertiary/aromatic N) is 3. The minimum absolute atomic E-state index is 0.392. The average Bonchev–Trinajstić information content (AvgIpc) is 2.73. The van der Waals surface area contributed by atoms with Gasteiger partial charge in [-0.3, -0.25) is 4.68 Å². The number of aliphatic hydroxyl groups is 1. The Hall–Kier alpha value is -1.88. The predicted octanol–water partition coefficient (Wildman–Crippen LogP) is 1.76. The smallest absolute Gasteiger partial charge is 0.134 e. The maximum Gasteiger partial charge on any atom is 0.134 e. The summed E-state index contributed by atoms with van der Waals surface area (Å²) in [5, 5.41) is 17.3. The second-order valence-corrected chi connectivity index (χ2v) is 4.37. The second-order valence-electron chi connectivity index (χ2n) is 4.37. The standard InChI is InChI=1S/C13H17N3O2/c1-9-6-11(10(2)17)4-5-13(9)18-8-12-7-16(3)15-14-12/h4-7,10,17H,8H2,1-3H3/t10-/m1/s1. The SMILES string of the molecule is Cc1cc([C@@H](C)O)ccc1OCc1cn(C)nn1. The van der Waals surface area contributed by atoms with Crippen LogP contribution in [0, 0.1) is 6.92 Å². The fourth-order valence-electron chi connectivity index (χ4n) is 1.71. The summed E-state index contributed by atoms with van der Waals surface area (Å²) in [5.74, 6) is 0.796.